The Kier molecular flexibility index (Phi) is 14.3. The predicted octanol–water partition coefficient (Wildman–Crippen LogP) is 27.1. The van der Waals surface area contributed by atoms with Gasteiger partial charge in [0.1, 0.15) is 0 Å². The molecule has 2 aliphatic rings. The molecule has 24 rings (SSSR count). The van der Waals surface area contributed by atoms with E-state index in [1.165, 1.54) is 98.4 Å². The molecule has 117 heavy (non-hydrogen) atoms. The van der Waals surface area contributed by atoms with Crippen LogP contribution in [0.5, 0.6) is 0 Å². The molecule has 5 aromatic heterocycles. The van der Waals surface area contributed by atoms with E-state index >= 15 is 0 Å². The lowest BCUT2D eigenvalue weighted by molar-refractivity contribution is 0.661. The van der Waals surface area contributed by atoms with E-state index in [0.29, 0.717) is 34.9 Å². The number of benzene rings is 17. The van der Waals surface area contributed by atoms with Crippen LogP contribution in [-0.4, -0.2) is 43.6 Å². The van der Waals surface area contributed by atoms with Crippen molar-refractivity contribution in [3.05, 3.63) is 380 Å². The van der Waals surface area contributed by atoms with Crippen molar-refractivity contribution < 1.29 is 0 Å². The Hall–Kier alpha value is -15.1. The Morgan fingerprint density at radius 2 is 0.607 bits per heavy atom. The predicted molar refractivity (Wildman–Crippen MR) is 482 cm³/mol. The van der Waals surface area contributed by atoms with Crippen LogP contribution in [0.15, 0.2) is 358 Å². The molecule has 0 N–H and O–H groups in total. The van der Waals surface area contributed by atoms with Gasteiger partial charge in [-0.25, -0.2) is 29.9 Å². The van der Waals surface area contributed by atoms with Crippen LogP contribution >= 0.6 is 0 Å². The van der Waals surface area contributed by atoms with Gasteiger partial charge in [-0.2, -0.15) is 0 Å². The van der Waals surface area contributed by atoms with Crippen LogP contribution in [-0.2, 0) is 10.8 Å². The van der Waals surface area contributed by atoms with Gasteiger partial charge < -0.3 is 13.7 Å². The van der Waals surface area contributed by atoms with E-state index in [4.69, 9.17) is 29.9 Å². The van der Waals surface area contributed by atoms with Crippen LogP contribution in [0.1, 0.15) is 49.9 Å². The van der Waals surface area contributed by atoms with Crippen molar-refractivity contribution in [1.29, 1.82) is 0 Å². The Bertz CT molecular complexity index is 7960. The van der Waals surface area contributed by atoms with Gasteiger partial charge in [0, 0.05) is 93.6 Å². The second kappa shape index (κ2) is 25.2. The lowest BCUT2D eigenvalue weighted by Crippen LogP contribution is -2.15. The number of hydrogen-bond donors (Lipinski definition) is 0. The lowest BCUT2D eigenvalue weighted by Gasteiger charge is -2.24. The minimum absolute atomic E-state index is 0.263. The summed E-state index contributed by atoms with van der Waals surface area (Å²) >= 11 is 0. The summed E-state index contributed by atoms with van der Waals surface area (Å²) < 4.78 is 7.33. The highest BCUT2D eigenvalue weighted by Crippen LogP contribution is 2.56. The second-order valence-electron chi connectivity index (χ2n) is 32.5. The number of hydrogen-bond acceptors (Lipinski definition) is 6. The third-order valence-electron chi connectivity index (χ3n) is 25.2. The maximum absolute atomic E-state index is 5.66. The summed E-state index contributed by atoms with van der Waals surface area (Å²) in [6.07, 6.45) is 0. The molecule has 9 heteroatoms. The first-order chi connectivity index (χ1) is 57.5. The van der Waals surface area contributed by atoms with Crippen molar-refractivity contribution in [3.63, 3.8) is 0 Å². The molecular weight excluding hydrogens is 1420 g/mol. The molecule has 0 fully saturated rings. The zero-order valence-corrected chi connectivity index (χ0v) is 64.6. The summed E-state index contributed by atoms with van der Waals surface area (Å²) in [5.41, 5.74) is 27.1. The monoisotopic (exact) mass is 1490 g/mol. The van der Waals surface area contributed by atoms with E-state index < -0.39 is 5.41 Å². The SMILES string of the molecule is CC1(C)c2cc3c(cc2-c2c1ccc1ccccc21)c1ccccc1n3-c1cc(-c2nc(-c3ccccc3)nc(-c3cccc(-c4cccc5c6c(ccc45)-c4cc5c7ccccc7n(-c7cccc(-c8nc(-c9ccccc9)nc(-c9cccc%10ccccc9%10)n8)c7)c5cc4C6(C)C)c3)n2)cc(-n2c3ccccc3c3ccccc32)c1. The summed E-state index contributed by atoms with van der Waals surface area (Å²) in [6, 6.07) is 130. The molecule has 0 amide bonds. The normalized spacial score (nSPS) is 13.3. The molecule has 0 saturated heterocycles. The van der Waals surface area contributed by atoms with Crippen LogP contribution in [0.25, 0.3) is 217 Å². The fourth-order valence-corrected chi connectivity index (χ4v) is 19.8. The Morgan fingerprint density at radius 3 is 1.22 bits per heavy atom. The number of para-hydroxylation sites is 4. The molecular formula is C108H71N9. The molecule has 5 heterocycles. The summed E-state index contributed by atoms with van der Waals surface area (Å²) in [4.78, 5) is 32.3. The average molecular weight is 1490 g/mol. The van der Waals surface area contributed by atoms with Crippen molar-refractivity contribution in [3.8, 4) is 119 Å². The highest BCUT2D eigenvalue weighted by atomic mass is 15.1. The van der Waals surface area contributed by atoms with Crippen molar-refractivity contribution in [1.82, 2.24) is 43.6 Å². The van der Waals surface area contributed by atoms with E-state index in [-0.39, 0.29) is 5.41 Å². The van der Waals surface area contributed by atoms with Gasteiger partial charge in [0.2, 0.25) is 0 Å². The molecule has 0 bridgehead atoms. The van der Waals surface area contributed by atoms with Crippen molar-refractivity contribution >= 4 is 97.7 Å². The highest BCUT2D eigenvalue weighted by Gasteiger charge is 2.40. The van der Waals surface area contributed by atoms with Crippen molar-refractivity contribution in [2.45, 2.75) is 38.5 Å². The fraction of sp³-hybridized carbons (Fsp3) is 0.0556. The third-order valence-corrected chi connectivity index (χ3v) is 25.2. The topological polar surface area (TPSA) is 92.1 Å². The lowest BCUT2D eigenvalue weighted by atomic mass is 9.79. The van der Waals surface area contributed by atoms with Crippen molar-refractivity contribution in [2.24, 2.45) is 0 Å². The third kappa shape index (κ3) is 10.1. The van der Waals surface area contributed by atoms with E-state index in [9.17, 15) is 0 Å². The number of aromatic nitrogens is 9. The standard InChI is InChI=1S/C108H71N9/c1-107(2)90-54-51-65-28-12-14-39-77(65)99(90)89-61-88-82-43-18-22-50-96(82)117(98(88)63-92(89)107)74-58-71(57-73(59-74)116-93-47-19-15-40-79(93)80-41-16-20-48-94(80)116)105-111-101(66-29-7-5-8-30-66)109-103(112-105)69-35-23-34-68(55-69)76-44-26-45-83-78(76)52-53-84-86-60-87-81-42-17-21-49-95(81)115(97(87)62-91(86)108(3,4)100(83)84)72-37-24-36-70(56-72)104-110-102(67-31-9-6-10-32-67)113-106(114-104)85-46-25-33-64-27-11-13-38-75(64)85/h5-63H,1-4H3. The van der Waals surface area contributed by atoms with Gasteiger partial charge in [-0.05, 0) is 173 Å². The minimum atomic E-state index is -0.395. The maximum atomic E-state index is 5.66. The van der Waals surface area contributed by atoms with Gasteiger partial charge in [-0.3, -0.25) is 0 Å². The fourth-order valence-electron chi connectivity index (χ4n) is 19.8. The van der Waals surface area contributed by atoms with Crippen LogP contribution in [0.4, 0.5) is 0 Å². The van der Waals surface area contributed by atoms with Gasteiger partial charge in [0.25, 0.3) is 0 Å². The molecule has 0 saturated carbocycles. The van der Waals surface area contributed by atoms with E-state index in [1.807, 2.05) is 24.3 Å². The van der Waals surface area contributed by atoms with Gasteiger partial charge in [0.15, 0.2) is 34.9 Å². The van der Waals surface area contributed by atoms with Gasteiger partial charge in [0.05, 0.1) is 33.1 Å². The van der Waals surface area contributed by atoms with Gasteiger partial charge >= 0.3 is 0 Å². The van der Waals surface area contributed by atoms with E-state index in [2.05, 4.69) is 375 Å². The Balaban J connectivity index is 0.638. The first-order valence-electron chi connectivity index (χ1n) is 40.2. The smallest absolute Gasteiger partial charge is 0.164 e. The second-order valence-corrected chi connectivity index (χ2v) is 32.5. The van der Waals surface area contributed by atoms with Crippen LogP contribution < -0.4 is 0 Å². The van der Waals surface area contributed by atoms with Crippen molar-refractivity contribution in [2.75, 3.05) is 0 Å². The minimum Gasteiger partial charge on any atom is -0.309 e. The molecule has 0 aliphatic heterocycles. The molecule has 0 spiro atoms. The van der Waals surface area contributed by atoms with Crippen LogP contribution in [0, 0.1) is 0 Å². The summed E-state index contributed by atoms with van der Waals surface area (Å²) in [5, 5.41) is 14.3. The molecule has 0 radical (unpaired) electrons. The average Bonchev–Trinajstić information content (AvgIpc) is 1.54. The molecule has 22 aromatic rings. The highest BCUT2D eigenvalue weighted by molar-refractivity contribution is 6.16. The number of nitrogens with zero attached hydrogens (tertiary/aromatic N) is 9. The first kappa shape index (κ1) is 66.5. The zero-order valence-electron chi connectivity index (χ0n) is 64.6. The van der Waals surface area contributed by atoms with E-state index in [1.54, 1.807) is 0 Å². The summed E-state index contributed by atoms with van der Waals surface area (Å²) in [6.45, 7) is 9.59. The Morgan fingerprint density at radius 1 is 0.197 bits per heavy atom. The quantitative estimate of drug-likeness (QED) is 0.135. The largest absolute Gasteiger partial charge is 0.309 e. The van der Waals surface area contributed by atoms with Gasteiger partial charge in [-0.1, -0.05) is 301 Å². The summed E-state index contributed by atoms with van der Waals surface area (Å²) in [7, 11) is 0. The molecule has 548 valence electrons. The first-order valence-corrected chi connectivity index (χ1v) is 40.2. The van der Waals surface area contributed by atoms with Crippen LogP contribution in [0.3, 0.4) is 0 Å². The number of fused-ring (bicyclic) bond motifs is 20. The zero-order chi connectivity index (χ0) is 77.5. The molecule has 2 aliphatic carbocycles. The van der Waals surface area contributed by atoms with E-state index in [0.717, 1.165) is 105 Å². The molecule has 17 aromatic carbocycles. The van der Waals surface area contributed by atoms with Gasteiger partial charge in [-0.15, -0.1) is 0 Å². The van der Waals surface area contributed by atoms with Crippen LogP contribution in [0.2, 0.25) is 0 Å². The number of rotatable bonds is 10. The molecule has 0 atom stereocenters. The molecule has 0 unspecified atom stereocenters. The maximum Gasteiger partial charge on any atom is 0.164 e. The Labute approximate surface area is 674 Å². The summed E-state index contributed by atoms with van der Waals surface area (Å²) in [5.74, 6) is 3.59. The molecule has 9 nitrogen and oxygen atoms in total.